The van der Waals surface area contributed by atoms with Crippen molar-refractivity contribution in [1.29, 1.82) is 0 Å². The van der Waals surface area contributed by atoms with Gasteiger partial charge in [-0.2, -0.15) is 0 Å². The van der Waals surface area contributed by atoms with Crippen molar-refractivity contribution in [2.45, 2.75) is 6.10 Å². The molecule has 0 aromatic carbocycles. The van der Waals surface area contributed by atoms with Crippen LogP contribution in [0.4, 0.5) is 0 Å². The Morgan fingerprint density at radius 2 is 2.00 bits per heavy atom. The van der Waals surface area contributed by atoms with E-state index in [9.17, 15) is 4.79 Å². The summed E-state index contributed by atoms with van der Waals surface area (Å²) in [7, 11) is 0. The van der Waals surface area contributed by atoms with Crippen LogP contribution in [0.3, 0.4) is 0 Å². The van der Waals surface area contributed by atoms with E-state index in [1.165, 1.54) is 0 Å². The number of aliphatic hydroxyl groups excluding tert-OH is 2. The summed E-state index contributed by atoms with van der Waals surface area (Å²) < 4.78 is 0. The van der Waals surface area contributed by atoms with Gasteiger partial charge in [0.15, 0.2) is 6.10 Å². The van der Waals surface area contributed by atoms with E-state index in [1.54, 1.807) is 0 Å². The molecule has 0 fully saturated rings. The molecule has 8 heavy (non-hydrogen) atoms. The molecule has 0 heterocycles. The molecule has 0 amide bonds. The minimum absolute atomic E-state index is 0. The number of hydrogen-bond donors (Lipinski definition) is 3. The van der Waals surface area contributed by atoms with E-state index in [2.05, 4.69) is 0 Å². The summed E-state index contributed by atoms with van der Waals surface area (Å²) in [6.07, 6.45) is -1.63. The zero-order valence-electron chi connectivity index (χ0n) is 3.53. The molecule has 0 rings (SSSR count). The Balaban J connectivity index is 0. The van der Waals surface area contributed by atoms with Crippen LogP contribution in [-0.4, -0.2) is 52.9 Å². The number of carboxylic acid groups (broad SMARTS) is 1. The number of aliphatic carboxylic acids is 1. The van der Waals surface area contributed by atoms with Gasteiger partial charge in [-0.1, -0.05) is 0 Å². The summed E-state index contributed by atoms with van der Waals surface area (Å²) in [5, 5.41) is 23.7. The second-order valence-electron chi connectivity index (χ2n) is 1.04. The Hall–Kier alpha value is -0.0126. The van der Waals surface area contributed by atoms with Crippen molar-refractivity contribution in [3.63, 3.8) is 0 Å². The standard InChI is InChI=1S/C3H6O4.Li.H/c4-1-2(5)3(6)7;;/h2,4-5H,1H2,(H,6,7);;. The van der Waals surface area contributed by atoms with Gasteiger partial charge in [-0.3, -0.25) is 0 Å². The molecule has 5 heteroatoms. The number of carbonyl (C=O) groups is 1. The van der Waals surface area contributed by atoms with E-state index in [0.717, 1.165) is 0 Å². The van der Waals surface area contributed by atoms with Crippen molar-refractivity contribution in [2.75, 3.05) is 6.61 Å². The van der Waals surface area contributed by atoms with Gasteiger partial charge in [0.1, 0.15) is 0 Å². The minimum atomic E-state index is -1.63. The molecule has 0 aliphatic heterocycles. The molecule has 1 unspecified atom stereocenters. The number of hydrogen-bond acceptors (Lipinski definition) is 3. The molecule has 0 aliphatic carbocycles. The maximum atomic E-state index is 9.52. The third kappa shape index (κ3) is 4.15. The predicted octanol–water partition coefficient (Wildman–Crippen LogP) is -2.22. The van der Waals surface area contributed by atoms with E-state index in [-0.39, 0.29) is 18.9 Å². The van der Waals surface area contributed by atoms with Gasteiger partial charge in [0, 0.05) is 0 Å². The Morgan fingerprint density at radius 3 is 2.00 bits per heavy atom. The van der Waals surface area contributed by atoms with Gasteiger partial charge in [-0.15, -0.1) is 0 Å². The summed E-state index contributed by atoms with van der Waals surface area (Å²) in [5.41, 5.74) is 0. The topological polar surface area (TPSA) is 77.8 Å². The predicted molar refractivity (Wildman–Crippen MR) is 27.9 cm³/mol. The van der Waals surface area contributed by atoms with Gasteiger partial charge in [0.2, 0.25) is 0 Å². The molecule has 0 bridgehead atoms. The molecule has 0 saturated carbocycles. The van der Waals surface area contributed by atoms with E-state index < -0.39 is 18.7 Å². The van der Waals surface area contributed by atoms with E-state index in [1.807, 2.05) is 0 Å². The second-order valence-corrected chi connectivity index (χ2v) is 1.04. The molecule has 0 spiro atoms. The van der Waals surface area contributed by atoms with Crippen molar-refractivity contribution in [2.24, 2.45) is 0 Å². The van der Waals surface area contributed by atoms with Gasteiger partial charge < -0.3 is 15.3 Å². The van der Waals surface area contributed by atoms with E-state index in [4.69, 9.17) is 15.3 Å². The van der Waals surface area contributed by atoms with E-state index >= 15 is 0 Å². The van der Waals surface area contributed by atoms with Gasteiger partial charge in [0.05, 0.1) is 6.61 Å². The Bertz CT molecular complexity index is 73.7. The molecular formula is C3H7LiO4. The molecule has 0 radical (unpaired) electrons. The first-order valence-corrected chi connectivity index (χ1v) is 1.70. The van der Waals surface area contributed by atoms with Gasteiger partial charge >= 0.3 is 24.8 Å². The van der Waals surface area contributed by atoms with Crippen LogP contribution >= 0.6 is 0 Å². The number of rotatable bonds is 2. The summed E-state index contributed by atoms with van der Waals surface area (Å²) in [5.74, 6) is -1.40. The summed E-state index contributed by atoms with van der Waals surface area (Å²) in [6.45, 7) is -0.727. The average molecular weight is 114 g/mol. The molecule has 4 nitrogen and oxygen atoms in total. The van der Waals surface area contributed by atoms with Crippen LogP contribution in [0.2, 0.25) is 0 Å². The molecule has 0 saturated heterocycles. The van der Waals surface area contributed by atoms with Crippen molar-refractivity contribution in [3.8, 4) is 0 Å². The third-order valence-electron chi connectivity index (χ3n) is 0.458. The zero-order valence-corrected chi connectivity index (χ0v) is 3.53. The molecule has 3 N–H and O–H groups in total. The number of carboxylic acids is 1. The zero-order chi connectivity index (χ0) is 5.86. The van der Waals surface area contributed by atoms with Crippen molar-refractivity contribution in [3.05, 3.63) is 0 Å². The van der Waals surface area contributed by atoms with Crippen molar-refractivity contribution in [1.82, 2.24) is 0 Å². The number of aliphatic hydroxyl groups is 2. The molecule has 0 aromatic heterocycles. The van der Waals surface area contributed by atoms with Gasteiger partial charge in [0.25, 0.3) is 0 Å². The SMILES string of the molecule is O=C(O)C(O)CO.[LiH]. The van der Waals surface area contributed by atoms with Crippen LogP contribution in [0.15, 0.2) is 0 Å². The fraction of sp³-hybridized carbons (Fsp3) is 0.667. The van der Waals surface area contributed by atoms with Crippen LogP contribution in [-0.2, 0) is 4.79 Å². The van der Waals surface area contributed by atoms with Gasteiger partial charge in [-0.05, 0) is 0 Å². The van der Waals surface area contributed by atoms with Crippen LogP contribution in [0.25, 0.3) is 0 Å². The monoisotopic (exact) mass is 114 g/mol. The van der Waals surface area contributed by atoms with Crippen LogP contribution < -0.4 is 0 Å². The molecule has 1 atom stereocenters. The maximum absolute atomic E-state index is 9.52. The first kappa shape index (κ1) is 10.9. The summed E-state index contributed by atoms with van der Waals surface area (Å²) in [6, 6.07) is 0. The van der Waals surface area contributed by atoms with Crippen molar-refractivity contribution >= 4 is 24.8 Å². The third-order valence-corrected chi connectivity index (χ3v) is 0.458. The van der Waals surface area contributed by atoms with E-state index in [0.29, 0.717) is 0 Å². The van der Waals surface area contributed by atoms with Crippen molar-refractivity contribution < 1.29 is 20.1 Å². The second kappa shape index (κ2) is 5.13. The quantitative estimate of drug-likeness (QED) is 0.355. The Kier molecular flexibility index (Phi) is 6.98. The Morgan fingerprint density at radius 1 is 1.62 bits per heavy atom. The average Bonchev–Trinajstić information content (AvgIpc) is 1.65. The normalized spacial score (nSPS) is 11.8. The van der Waals surface area contributed by atoms with Crippen LogP contribution in [0, 0.1) is 0 Å². The van der Waals surface area contributed by atoms with Gasteiger partial charge in [-0.25, -0.2) is 4.79 Å². The fourth-order valence-corrected chi connectivity index (χ4v) is 0.0781. The summed E-state index contributed by atoms with van der Waals surface area (Å²) >= 11 is 0. The molecule has 0 aromatic rings. The Labute approximate surface area is 58.3 Å². The first-order chi connectivity index (χ1) is 3.18. The van der Waals surface area contributed by atoms with Crippen LogP contribution in [0.1, 0.15) is 0 Å². The fourth-order valence-electron chi connectivity index (χ4n) is 0.0781. The molecule has 0 aliphatic rings. The first-order valence-electron chi connectivity index (χ1n) is 1.70. The molecule has 44 valence electrons. The molecular weight excluding hydrogens is 107 g/mol. The summed E-state index contributed by atoms with van der Waals surface area (Å²) in [4.78, 5) is 9.52. The van der Waals surface area contributed by atoms with Crippen LogP contribution in [0.5, 0.6) is 0 Å².